The number of anilines is 1. The van der Waals surface area contributed by atoms with Crippen molar-refractivity contribution in [1.29, 1.82) is 5.26 Å². The third kappa shape index (κ3) is 5.92. The van der Waals surface area contributed by atoms with Crippen molar-refractivity contribution in [3.8, 4) is 6.19 Å². The van der Waals surface area contributed by atoms with E-state index >= 15 is 0 Å². The van der Waals surface area contributed by atoms with Crippen molar-refractivity contribution in [2.24, 2.45) is 4.99 Å². The zero-order valence-corrected chi connectivity index (χ0v) is 13.0. The fourth-order valence-electron chi connectivity index (χ4n) is 2.25. The third-order valence-electron chi connectivity index (χ3n) is 3.42. The first-order chi connectivity index (χ1) is 11.3. The van der Waals surface area contributed by atoms with Gasteiger partial charge in [-0.05, 0) is 18.6 Å². The number of aromatic nitrogens is 1. The lowest BCUT2D eigenvalue weighted by Gasteiger charge is -2.27. The maximum absolute atomic E-state index is 12.0. The highest BCUT2D eigenvalue weighted by Gasteiger charge is 2.15. The van der Waals surface area contributed by atoms with Gasteiger partial charge in [0.05, 0.1) is 11.9 Å². The first-order valence-electron chi connectivity index (χ1n) is 7.66. The summed E-state index contributed by atoms with van der Waals surface area (Å²) < 4.78 is 0. The zero-order chi connectivity index (χ0) is 16.3. The predicted molar refractivity (Wildman–Crippen MR) is 87.6 cm³/mol. The number of amides is 1. The Hall–Kier alpha value is -2.66. The second-order valence-electron chi connectivity index (χ2n) is 5.09. The van der Waals surface area contributed by atoms with Gasteiger partial charge in [-0.2, -0.15) is 5.26 Å². The van der Waals surface area contributed by atoms with E-state index in [0.717, 1.165) is 31.9 Å². The monoisotopic (exact) mass is 315 g/mol. The van der Waals surface area contributed by atoms with Crippen molar-refractivity contribution in [1.82, 2.24) is 20.5 Å². The number of nitriles is 1. The molecule has 1 aromatic heterocycles. The molecule has 8 heteroatoms. The fraction of sp³-hybridized carbons (Fsp3) is 0.467. The fourth-order valence-corrected chi connectivity index (χ4v) is 2.25. The van der Waals surface area contributed by atoms with Crippen LogP contribution in [0.15, 0.2) is 29.5 Å². The summed E-state index contributed by atoms with van der Waals surface area (Å²) in [5, 5.41) is 18.0. The number of pyridine rings is 1. The van der Waals surface area contributed by atoms with Crippen molar-refractivity contribution < 1.29 is 4.79 Å². The molecule has 0 atom stereocenters. The molecule has 0 bridgehead atoms. The molecule has 1 amide bonds. The molecule has 1 fully saturated rings. The van der Waals surface area contributed by atoms with Crippen LogP contribution in [0.5, 0.6) is 0 Å². The Bertz CT molecular complexity index is 561. The summed E-state index contributed by atoms with van der Waals surface area (Å²) in [5.74, 6) is 0.530. The largest absolute Gasteiger partial charge is 0.355 e. The Kier molecular flexibility index (Phi) is 6.81. The van der Waals surface area contributed by atoms with Crippen molar-refractivity contribution in [2.45, 2.75) is 12.8 Å². The van der Waals surface area contributed by atoms with Crippen LogP contribution in [0.1, 0.15) is 12.8 Å². The number of nitrogens with one attached hydrogen (secondary N) is 3. The van der Waals surface area contributed by atoms with Crippen LogP contribution < -0.4 is 16.0 Å². The Labute approximate surface area is 135 Å². The quantitative estimate of drug-likeness (QED) is 0.309. The summed E-state index contributed by atoms with van der Waals surface area (Å²) in [6.07, 6.45) is 6.23. The number of rotatable bonds is 5. The maximum Gasteiger partial charge on any atom is 0.222 e. The van der Waals surface area contributed by atoms with Gasteiger partial charge in [-0.25, -0.2) is 0 Å². The standard InChI is InChI=1S/C15H21N7O/c16-12-20-15(21-13-3-1-5-18-11-13)19-6-2-4-14(23)22-9-7-17-8-10-22/h1,3,5,11,17H,2,4,6-10H2,(H2,19,20,21). The van der Waals surface area contributed by atoms with Gasteiger partial charge in [0.25, 0.3) is 0 Å². The average Bonchev–Trinajstić information content (AvgIpc) is 2.60. The predicted octanol–water partition coefficient (Wildman–Crippen LogP) is 0.132. The number of guanidine groups is 1. The Morgan fingerprint density at radius 2 is 2.30 bits per heavy atom. The first kappa shape index (κ1) is 16.7. The zero-order valence-electron chi connectivity index (χ0n) is 13.0. The molecule has 1 aliphatic heterocycles. The molecule has 0 radical (unpaired) electrons. The number of hydrogen-bond acceptors (Lipinski definition) is 5. The van der Waals surface area contributed by atoms with Crippen molar-refractivity contribution in [2.75, 3.05) is 38.0 Å². The van der Waals surface area contributed by atoms with E-state index in [4.69, 9.17) is 5.26 Å². The van der Waals surface area contributed by atoms with Crippen molar-refractivity contribution >= 4 is 17.6 Å². The van der Waals surface area contributed by atoms with E-state index in [1.54, 1.807) is 24.7 Å². The lowest BCUT2D eigenvalue weighted by Crippen LogP contribution is -2.46. The molecule has 1 saturated heterocycles. The van der Waals surface area contributed by atoms with Crippen LogP contribution >= 0.6 is 0 Å². The molecule has 0 saturated carbocycles. The highest BCUT2D eigenvalue weighted by Crippen LogP contribution is 2.02. The summed E-state index contributed by atoms with van der Waals surface area (Å²) in [6, 6.07) is 3.62. The first-order valence-corrected chi connectivity index (χ1v) is 7.66. The molecule has 0 spiro atoms. The molecule has 0 aliphatic carbocycles. The van der Waals surface area contributed by atoms with Crippen LogP contribution in [0.25, 0.3) is 0 Å². The summed E-state index contributed by atoms with van der Waals surface area (Å²) in [6.45, 7) is 3.83. The lowest BCUT2D eigenvalue weighted by molar-refractivity contribution is -0.131. The van der Waals surface area contributed by atoms with Crippen LogP contribution in [-0.2, 0) is 4.79 Å². The maximum atomic E-state index is 12.0. The number of aliphatic imine (C=N–C) groups is 1. The normalized spacial score (nSPS) is 14.9. The van der Waals surface area contributed by atoms with E-state index in [1.807, 2.05) is 11.0 Å². The number of hydrogen-bond donors (Lipinski definition) is 3. The Morgan fingerprint density at radius 1 is 1.48 bits per heavy atom. The van der Waals surface area contributed by atoms with Crippen LogP contribution in [0.4, 0.5) is 5.69 Å². The highest BCUT2D eigenvalue weighted by molar-refractivity contribution is 5.94. The van der Waals surface area contributed by atoms with Crippen LogP contribution in [0.3, 0.4) is 0 Å². The van der Waals surface area contributed by atoms with Gasteiger partial charge in [0.15, 0.2) is 0 Å². The van der Waals surface area contributed by atoms with Crippen LogP contribution in [-0.4, -0.2) is 54.5 Å². The van der Waals surface area contributed by atoms with Gasteiger partial charge < -0.3 is 20.9 Å². The second kappa shape index (κ2) is 9.38. The van der Waals surface area contributed by atoms with Gasteiger partial charge in [-0.15, -0.1) is 4.99 Å². The van der Waals surface area contributed by atoms with E-state index in [1.165, 1.54) is 0 Å². The summed E-state index contributed by atoms with van der Waals surface area (Å²) in [4.78, 5) is 21.6. The summed E-state index contributed by atoms with van der Waals surface area (Å²) in [5.41, 5.74) is 0.742. The molecule has 0 unspecified atom stereocenters. The minimum absolute atomic E-state index is 0.173. The minimum Gasteiger partial charge on any atom is -0.355 e. The summed E-state index contributed by atoms with van der Waals surface area (Å²) >= 11 is 0. The van der Waals surface area contributed by atoms with E-state index in [0.29, 0.717) is 25.3 Å². The Balaban J connectivity index is 1.71. The van der Waals surface area contributed by atoms with Gasteiger partial charge >= 0.3 is 0 Å². The van der Waals surface area contributed by atoms with Gasteiger partial charge in [-0.1, -0.05) is 0 Å². The molecule has 1 aromatic rings. The smallest absolute Gasteiger partial charge is 0.222 e. The van der Waals surface area contributed by atoms with E-state index in [9.17, 15) is 4.79 Å². The van der Waals surface area contributed by atoms with Crippen molar-refractivity contribution in [3.05, 3.63) is 24.5 Å². The molecular formula is C15H21N7O. The number of nitrogens with zero attached hydrogens (tertiary/aromatic N) is 4. The molecule has 3 N–H and O–H groups in total. The third-order valence-corrected chi connectivity index (χ3v) is 3.42. The molecule has 8 nitrogen and oxygen atoms in total. The number of carbonyl (C=O) groups excluding carboxylic acids is 1. The molecular weight excluding hydrogens is 294 g/mol. The lowest BCUT2D eigenvalue weighted by atomic mass is 10.2. The average molecular weight is 315 g/mol. The molecule has 23 heavy (non-hydrogen) atoms. The summed E-state index contributed by atoms with van der Waals surface area (Å²) in [7, 11) is 0. The molecule has 0 aromatic carbocycles. The van der Waals surface area contributed by atoms with Gasteiger partial charge in [0.1, 0.15) is 0 Å². The second-order valence-corrected chi connectivity index (χ2v) is 5.09. The SMILES string of the molecule is N#CN=C(NCCCC(=O)N1CCNCC1)Nc1cccnc1. The molecule has 2 heterocycles. The van der Waals surface area contributed by atoms with Crippen LogP contribution in [0, 0.1) is 11.5 Å². The van der Waals surface area contributed by atoms with E-state index in [-0.39, 0.29) is 5.91 Å². The molecule has 122 valence electrons. The van der Waals surface area contributed by atoms with E-state index in [2.05, 4.69) is 25.9 Å². The number of carbonyl (C=O) groups is 1. The Morgan fingerprint density at radius 3 is 3.00 bits per heavy atom. The van der Waals surface area contributed by atoms with Gasteiger partial charge in [0.2, 0.25) is 18.1 Å². The van der Waals surface area contributed by atoms with Gasteiger partial charge in [0, 0.05) is 45.3 Å². The minimum atomic E-state index is 0.173. The van der Waals surface area contributed by atoms with Crippen LogP contribution in [0.2, 0.25) is 0 Å². The van der Waals surface area contributed by atoms with E-state index < -0.39 is 0 Å². The number of piperazine rings is 1. The highest BCUT2D eigenvalue weighted by atomic mass is 16.2. The van der Waals surface area contributed by atoms with Crippen molar-refractivity contribution in [3.63, 3.8) is 0 Å². The molecule has 2 rings (SSSR count). The topological polar surface area (TPSA) is 105 Å². The van der Waals surface area contributed by atoms with Gasteiger partial charge in [-0.3, -0.25) is 9.78 Å². The molecule has 1 aliphatic rings.